The van der Waals surface area contributed by atoms with Crippen LogP contribution in [-0.4, -0.2) is 32.1 Å². The Morgan fingerprint density at radius 3 is 2.42 bits per heavy atom. The van der Waals surface area contributed by atoms with Gasteiger partial charge in [0.15, 0.2) is 0 Å². The number of nitrogens with zero attached hydrogens (tertiary/aromatic N) is 2. The van der Waals surface area contributed by atoms with Crippen LogP contribution in [0.15, 0.2) is 48.8 Å². The maximum atomic E-state index is 12.1. The van der Waals surface area contributed by atoms with Crippen molar-refractivity contribution in [2.45, 2.75) is 19.9 Å². The average Bonchev–Trinajstić information content (AvgIpc) is 2.58. The lowest BCUT2D eigenvalue weighted by Gasteiger charge is -2.22. The fourth-order valence-electron chi connectivity index (χ4n) is 2.19. The molecule has 0 unspecified atom stereocenters. The van der Waals surface area contributed by atoms with Crippen molar-refractivity contribution in [3.8, 4) is 0 Å². The number of benzene rings is 1. The standard InChI is InChI=1S/C17H21N3O3S/c1-3-14-6-8-16(9-7-14)20(24(2,22)23)13-17(21)19-12-15-5-4-10-18-11-15/h4-11H,3,12-13H2,1-2H3,(H,19,21). The number of rotatable bonds is 7. The van der Waals surface area contributed by atoms with Gasteiger partial charge in [0.2, 0.25) is 15.9 Å². The molecule has 0 saturated heterocycles. The van der Waals surface area contributed by atoms with Crippen LogP contribution >= 0.6 is 0 Å². The Kier molecular flexibility index (Phi) is 5.92. The lowest BCUT2D eigenvalue weighted by molar-refractivity contribution is -0.119. The van der Waals surface area contributed by atoms with E-state index in [1.165, 1.54) is 0 Å². The topological polar surface area (TPSA) is 79.4 Å². The van der Waals surface area contributed by atoms with Crippen molar-refractivity contribution in [2.75, 3.05) is 17.1 Å². The first kappa shape index (κ1) is 17.9. The molecule has 6 nitrogen and oxygen atoms in total. The number of carbonyl (C=O) groups is 1. The van der Waals surface area contributed by atoms with Gasteiger partial charge in [0.05, 0.1) is 11.9 Å². The van der Waals surface area contributed by atoms with Gasteiger partial charge in [-0.2, -0.15) is 0 Å². The highest BCUT2D eigenvalue weighted by Gasteiger charge is 2.20. The van der Waals surface area contributed by atoms with Gasteiger partial charge in [-0.05, 0) is 35.7 Å². The fraction of sp³-hybridized carbons (Fsp3) is 0.294. The van der Waals surface area contributed by atoms with Crippen molar-refractivity contribution in [3.05, 3.63) is 59.9 Å². The van der Waals surface area contributed by atoms with Crippen molar-refractivity contribution in [3.63, 3.8) is 0 Å². The molecule has 0 bridgehead atoms. The predicted octanol–water partition coefficient (Wildman–Crippen LogP) is 1.73. The van der Waals surface area contributed by atoms with Crippen LogP contribution in [0, 0.1) is 0 Å². The molecule has 0 spiro atoms. The van der Waals surface area contributed by atoms with Gasteiger partial charge in [0.1, 0.15) is 6.54 Å². The largest absolute Gasteiger partial charge is 0.350 e. The molecular weight excluding hydrogens is 326 g/mol. The molecule has 2 rings (SSSR count). The van der Waals surface area contributed by atoms with Crippen LogP contribution in [0.2, 0.25) is 0 Å². The molecule has 1 aromatic heterocycles. The van der Waals surface area contributed by atoms with Gasteiger partial charge < -0.3 is 5.32 Å². The van der Waals surface area contributed by atoms with Crippen molar-refractivity contribution < 1.29 is 13.2 Å². The molecule has 128 valence electrons. The Morgan fingerprint density at radius 2 is 1.88 bits per heavy atom. The predicted molar refractivity (Wildman–Crippen MR) is 94.1 cm³/mol. The molecule has 0 fully saturated rings. The smallest absolute Gasteiger partial charge is 0.241 e. The Bertz CT molecular complexity index is 774. The van der Waals surface area contributed by atoms with Gasteiger partial charge in [-0.1, -0.05) is 25.1 Å². The second-order valence-corrected chi connectivity index (χ2v) is 7.33. The SMILES string of the molecule is CCc1ccc(N(CC(=O)NCc2cccnc2)S(C)(=O)=O)cc1. The van der Waals surface area contributed by atoms with Crippen LogP contribution in [0.4, 0.5) is 5.69 Å². The van der Waals surface area contributed by atoms with Gasteiger partial charge in [0.25, 0.3) is 0 Å². The van der Waals surface area contributed by atoms with Gasteiger partial charge in [0, 0.05) is 18.9 Å². The molecule has 0 atom stereocenters. The average molecular weight is 347 g/mol. The third-order valence-corrected chi connectivity index (χ3v) is 4.67. The number of nitrogens with one attached hydrogen (secondary N) is 1. The zero-order valence-corrected chi connectivity index (χ0v) is 14.6. The molecule has 2 aromatic rings. The number of aryl methyl sites for hydroxylation is 1. The van der Waals surface area contributed by atoms with E-state index in [0.29, 0.717) is 12.2 Å². The molecule has 1 amide bonds. The van der Waals surface area contributed by atoms with E-state index in [-0.39, 0.29) is 12.5 Å². The lowest BCUT2D eigenvalue weighted by atomic mass is 10.1. The fourth-order valence-corrected chi connectivity index (χ4v) is 3.04. The van der Waals surface area contributed by atoms with Gasteiger partial charge >= 0.3 is 0 Å². The van der Waals surface area contributed by atoms with Crippen LogP contribution in [0.25, 0.3) is 0 Å². The van der Waals surface area contributed by atoms with Crippen molar-refractivity contribution in [2.24, 2.45) is 0 Å². The van der Waals surface area contributed by atoms with Crippen LogP contribution in [0.3, 0.4) is 0 Å². The van der Waals surface area contributed by atoms with Crippen molar-refractivity contribution in [1.29, 1.82) is 0 Å². The Balaban J connectivity index is 2.07. The van der Waals surface area contributed by atoms with E-state index < -0.39 is 10.0 Å². The molecular formula is C17H21N3O3S. The number of carbonyl (C=O) groups excluding carboxylic acids is 1. The molecule has 0 aliphatic rings. The summed E-state index contributed by atoms with van der Waals surface area (Å²) in [5.41, 5.74) is 2.43. The third-order valence-electron chi connectivity index (χ3n) is 3.53. The Labute approximate surface area is 142 Å². The van der Waals surface area contributed by atoms with Crippen molar-refractivity contribution in [1.82, 2.24) is 10.3 Å². The summed E-state index contributed by atoms with van der Waals surface area (Å²) in [5, 5.41) is 2.71. The first-order chi connectivity index (χ1) is 11.4. The number of amides is 1. The number of aromatic nitrogens is 1. The number of pyridine rings is 1. The summed E-state index contributed by atoms with van der Waals surface area (Å²) >= 11 is 0. The summed E-state index contributed by atoms with van der Waals surface area (Å²) in [6.45, 7) is 2.07. The van der Waals surface area contributed by atoms with Gasteiger partial charge in [-0.3, -0.25) is 14.1 Å². The maximum Gasteiger partial charge on any atom is 0.241 e. The second kappa shape index (κ2) is 7.92. The van der Waals surface area contributed by atoms with Crippen molar-refractivity contribution >= 4 is 21.6 Å². The second-order valence-electron chi connectivity index (χ2n) is 5.43. The molecule has 1 N–H and O–H groups in total. The normalized spacial score (nSPS) is 11.1. The minimum Gasteiger partial charge on any atom is -0.350 e. The number of sulfonamides is 1. The van der Waals surface area contributed by atoms with Crippen LogP contribution < -0.4 is 9.62 Å². The lowest BCUT2D eigenvalue weighted by Crippen LogP contribution is -2.40. The molecule has 24 heavy (non-hydrogen) atoms. The third kappa shape index (κ3) is 5.06. The highest BCUT2D eigenvalue weighted by molar-refractivity contribution is 7.92. The minimum absolute atomic E-state index is 0.259. The quantitative estimate of drug-likeness (QED) is 0.827. The summed E-state index contributed by atoms with van der Waals surface area (Å²) in [5.74, 6) is -0.371. The van der Waals surface area contributed by atoms with Gasteiger partial charge in [-0.25, -0.2) is 8.42 Å². The molecule has 1 aromatic carbocycles. The summed E-state index contributed by atoms with van der Waals surface area (Å²) < 4.78 is 25.2. The highest BCUT2D eigenvalue weighted by atomic mass is 32.2. The van der Waals surface area contributed by atoms with E-state index in [1.807, 2.05) is 25.1 Å². The first-order valence-corrected chi connectivity index (χ1v) is 9.47. The molecule has 0 aliphatic heterocycles. The molecule has 7 heteroatoms. The molecule has 0 saturated carbocycles. The summed E-state index contributed by atoms with van der Waals surface area (Å²) in [6, 6.07) is 10.8. The van der Waals surface area contributed by atoms with Crippen LogP contribution in [-0.2, 0) is 27.8 Å². The summed E-state index contributed by atoms with van der Waals surface area (Å²) in [4.78, 5) is 16.1. The zero-order valence-electron chi connectivity index (χ0n) is 13.8. The zero-order chi connectivity index (χ0) is 17.6. The van der Waals surface area contributed by atoms with E-state index in [4.69, 9.17) is 0 Å². The highest BCUT2D eigenvalue weighted by Crippen LogP contribution is 2.18. The van der Waals surface area contributed by atoms with E-state index in [9.17, 15) is 13.2 Å². The Morgan fingerprint density at radius 1 is 1.17 bits per heavy atom. The minimum atomic E-state index is -3.56. The van der Waals surface area contributed by atoms with E-state index in [0.717, 1.165) is 28.1 Å². The maximum absolute atomic E-state index is 12.1. The summed E-state index contributed by atoms with van der Waals surface area (Å²) in [7, 11) is -3.56. The molecule has 1 heterocycles. The summed E-state index contributed by atoms with van der Waals surface area (Å²) in [6.07, 6.45) is 5.26. The van der Waals surface area contributed by atoms with E-state index >= 15 is 0 Å². The van der Waals surface area contributed by atoms with E-state index in [2.05, 4.69) is 10.3 Å². The van der Waals surface area contributed by atoms with Gasteiger partial charge in [-0.15, -0.1) is 0 Å². The number of hydrogen-bond acceptors (Lipinski definition) is 4. The number of hydrogen-bond donors (Lipinski definition) is 1. The van der Waals surface area contributed by atoms with Crippen LogP contribution in [0.1, 0.15) is 18.1 Å². The molecule has 0 radical (unpaired) electrons. The molecule has 0 aliphatic carbocycles. The Hall–Kier alpha value is -2.41. The van der Waals surface area contributed by atoms with Crippen LogP contribution in [0.5, 0.6) is 0 Å². The van der Waals surface area contributed by atoms with E-state index in [1.54, 1.807) is 30.6 Å². The number of anilines is 1. The monoisotopic (exact) mass is 347 g/mol. The first-order valence-electron chi connectivity index (χ1n) is 7.62.